The normalized spacial score (nSPS) is 9.92. The van der Waals surface area contributed by atoms with Gasteiger partial charge in [0.25, 0.3) is 17.7 Å². The molecule has 3 amide bonds. The van der Waals surface area contributed by atoms with Gasteiger partial charge in [-0.25, -0.2) is 4.98 Å². The molecule has 1 aromatic carbocycles. The van der Waals surface area contributed by atoms with Crippen molar-refractivity contribution in [2.75, 3.05) is 5.73 Å². The van der Waals surface area contributed by atoms with Gasteiger partial charge in [-0.05, 0) is 24.3 Å². The molecule has 0 saturated heterocycles. The average Bonchev–Trinajstić information content (AvgIpc) is 3.05. The summed E-state index contributed by atoms with van der Waals surface area (Å²) in [7, 11) is 0. The molecule has 0 saturated carbocycles. The zero-order valence-corrected chi connectivity index (χ0v) is 13.9. The molecule has 0 spiro atoms. The molecule has 0 radical (unpaired) electrons. The summed E-state index contributed by atoms with van der Waals surface area (Å²) in [4.78, 5) is 38.9. The van der Waals surface area contributed by atoms with Gasteiger partial charge in [0, 0.05) is 16.6 Å². The van der Waals surface area contributed by atoms with E-state index in [0.29, 0.717) is 10.7 Å². The number of hydrogen-bond acceptors (Lipinski definition) is 6. The molecule has 0 aliphatic heterocycles. The molecule has 0 aliphatic carbocycles. The van der Waals surface area contributed by atoms with Gasteiger partial charge in [0.05, 0.1) is 11.4 Å². The van der Waals surface area contributed by atoms with Crippen LogP contribution < -0.4 is 22.1 Å². The van der Waals surface area contributed by atoms with Crippen molar-refractivity contribution in [3.63, 3.8) is 0 Å². The summed E-state index contributed by atoms with van der Waals surface area (Å²) in [6, 6.07) is 7.04. The molecule has 0 fully saturated rings. The van der Waals surface area contributed by atoms with E-state index in [9.17, 15) is 14.4 Å². The molecule has 0 unspecified atom stereocenters. The Labute approximate surface area is 147 Å². The van der Waals surface area contributed by atoms with Gasteiger partial charge >= 0.3 is 0 Å². The predicted molar refractivity (Wildman–Crippen MR) is 95.0 cm³/mol. The number of carbonyl (C=O) groups is 3. The molecule has 8 nitrogen and oxygen atoms in total. The van der Waals surface area contributed by atoms with Crippen molar-refractivity contribution < 1.29 is 14.4 Å². The van der Waals surface area contributed by atoms with E-state index in [-0.39, 0.29) is 17.1 Å². The molecule has 1 aromatic heterocycles. The van der Waals surface area contributed by atoms with Gasteiger partial charge in [0.2, 0.25) is 0 Å². The molecule has 1 heterocycles. The number of nitrogens with two attached hydrogens (primary N) is 2. The number of carbonyl (C=O) groups excluding carboxylic acids is 3. The average molecular weight is 357 g/mol. The highest BCUT2D eigenvalue weighted by Gasteiger charge is 2.17. The van der Waals surface area contributed by atoms with Crippen LogP contribution in [0.1, 0.15) is 10.5 Å². The fourth-order valence-electron chi connectivity index (χ4n) is 1.67. The van der Waals surface area contributed by atoms with Gasteiger partial charge in [-0.15, -0.1) is 11.3 Å². The largest absolute Gasteiger partial charge is 0.399 e. The number of aromatic nitrogens is 1. The second kappa shape index (κ2) is 7.41. The first-order chi connectivity index (χ1) is 11.8. The minimum atomic E-state index is -0.889. The summed E-state index contributed by atoms with van der Waals surface area (Å²) < 4.78 is 0. The van der Waals surface area contributed by atoms with Gasteiger partial charge in [0.1, 0.15) is 10.7 Å². The maximum atomic E-state index is 12.1. The fraction of sp³-hybridized carbons (Fsp3) is 0. The number of rotatable bonds is 6. The Morgan fingerprint density at radius 2 is 1.68 bits per heavy atom. The second-order valence-corrected chi connectivity index (χ2v) is 5.75. The van der Waals surface area contributed by atoms with Crippen molar-refractivity contribution >= 4 is 34.7 Å². The van der Waals surface area contributed by atoms with Crippen molar-refractivity contribution in [2.24, 2.45) is 5.73 Å². The zero-order chi connectivity index (χ0) is 18.6. The number of nitrogens with one attached hydrogen (secondary N) is 2. The first-order valence-corrected chi connectivity index (χ1v) is 7.77. The summed E-state index contributed by atoms with van der Waals surface area (Å²) >= 11 is 1.27. The summed E-state index contributed by atoms with van der Waals surface area (Å²) in [5, 5.41) is 6.60. The SMILES string of the molecule is C=C(NC(=O)C(=C)NC(=O)c1csc(-c2ccc(N)cc2)n1)C(N)=O. The van der Waals surface area contributed by atoms with Crippen LogP contribution in [0, 0.1) is 0 Å². The maximum Gasteiger partial charge on any atom is 0.275 e. The van der Waals surface area contributed by atoms with E-state index in [2.05, 4.69) is 28.8 Å². The number of nitrogens with zero attached hydrogens (tertiary/aromatic N) is 1. The highest BCUT2D eigenvalue weighted by Crippen LogP contribution is 2.24. The third-order valence-corrected chi connectivity index (χ3v) is 3.89. The zero-order valence-electron chi connectivity index (χ0n) is 13.0. The molecule has 2 aromatic rings. The molecule has 0 aliphatic rings. The quantitative estimate of drug-likeness (QED) is 0.446. The van der Waals surface area contributed by atoms with E-state index in [4.69, 9.17) is 11.5 Å². The predicted octanol–water partition coefficient (Wildman–Crippen LogP) is 0.751. The highest BCUT2D eigenvalue weighted by atomic mass is 32.1. The van der Waals surface area contributed by atoms with Gasteiger partial charge in [-0.1, -0.05) is 13.2 Å². The minimum Gasteiger partial charge on any atom is -0.399 e. The number of nitrogen functional groups attached to an aromatic ring is 1. The lowest BCUT2D eigenvalue weighted by Crippen LogP contribution is -2.36. The van der Waals surface area contributed by atoms with Crippen molar-refractivity contribution in [3.8, 4) is 10.6 Å². The molecule has 2 rings (SSSR count). The standard InChI is InChI=1S/C16H15N5O3S/c1-8(13(18)22)19-14(23)9(2)20-15(24)12-7-25-16(21-12)10-3-5-11(17)6-4-10/h3-7H,1-2,17H2,(H2,18,22)(H,19,23)(H,20,24). The lowest BCUT2D eigenvalue weighted by molar-refractivity contribution is -0.120. The van der Waals surface area contributed by atoms with Crippen LogP contribution >= 0.6 is 11.3 Å². The van der Waals surface area contributed by atoms with E-state index < -0.39 is 17.7 Å². The number of hydrogen-bond donors (Lipinski definition) is 4. The summed E-state index contributed by atoms with van der Waals surface area (Å²) in [5.41, 5.74) is 11.6. The Morgan fingerprint density at radius 3 is 2.28 bits per heavy atom. The van der Waals surface area contributed by atoms with Gasteiger partial charge in [-0.2, -0.15) is 0 Å². The maximum absolute atomic E-state index is 12.1. The Kier molecular flexibility index (Phi) is 5.30. The number of benzene rings is 1. The van der Waals surface area contributed by atoms with Crippen molar-refractivity contribution in [1.82, 2.24) is 15.6 Å². The second-order valence-electron chi connectivity index (χ2n) is 4.89. The number of thiazole rings is 1. The first-order valence-electron chi connectivity index (χ1n) is 6.89. The third-order valence-electron chi connectivity index (χ3n) is 2.99. The van der Waals surface area contributed by atoms with E-state index in [1.807, 2.05) is 0 Å². The molecular weight excluding hydrogens is 342 g/mol. The molecule has 9 heteroatoms. The summed E-state index contributed by atoms with van der Waals surface area (Å²) in [5.74, 6) is -2.30. The lowest BCUT2D eigenvalue weighted by atomic mass is 10.2. The minimum absolute atomic E-state index is 0.125. The third kappa shape index (κ3) is 4.52. The molecule has 0 bridgehead atoms. The van der Waals surface area contributed by atoms with Crippen LogP contribution in [-0.4, -0.2) is 22.7 Å². The Balaban J connectivity index is 2.03. The Morgan fingerprint density at radius 1 is 1.04 bits per heavy atom. The fourth-order valence-corrected chi connectivity index (χ4v) is 2.47. The molecule has 6 N–H and O–H groups in total. The highest BCUT2D eigenvalue weighted by molar-refractivity contribution is 7.13. The smallest absolute Gasteiger partial charge is 0.275 e. The van der Waals surface area contributed by atoms with Crippen LogP contribution in [0.5, 0.6) is 0 Å². The molecular formula is C16H15N5O3S. The van der Waals surface area contributed by atoms with Gasteiger partial charge in [0.15, 0.2) is 0 Å². The topological polar surface area (TPSA) is 140 Å². The van der Waals surface area contributed by atoms with E-state index in [1.165, 1.54) is 11.3 Å². The van der Waals surface area contributed by atoms with Crippen molar-refractivity contribution in [3.05, 3.63) is 59.9 Å². The lowest BCUT2D eigenvalue weighted by Gasteiger charge is -2.08. The van der Waals surface area contributed by atoms with Crippen molar-refractivity contribution in [1.29, 1.82) is 0 Å². The molecule has 0 atom stereocenters. The van der Waals surface area contributed by atoms with Crippen LogP contribution in [0.4, 0.5) is 5.69 Å². The van der Waals surface area contributed by atoms with E-state index in [0.717, 1.165) is 5.56 Å². The van der Waals surface area contributed by atoms with Crippen LogP contribution in [0.15, 0.2) is 54.2 Å². The number of primary amides is 1. The van der Waals surface area contributed by atoms with Crippen LogP contribution in [0.25, 0.3) is 10.6 Å². The monoisotopic (exact) mass is 357 g/mol. The van der Waals surface area contributed by atoms with E-state index >= 15 is 0 Å². The van der Waals surface area contributed by atoms with Crippen LogP contribution in [0.2, 0.25) is 0 Å². The Hall–Kier alpha value is -3.46. The first kappa shape index (κ1) is 17.9. The summed E-state index contributed by atoms with van der Waals surface area (Å²) in [6.45, 7) is 6.71. The molecule has 25 heavy (non-hydrogen) atoms. The van der Waals surface area contributed by atoms with Gasteiger partial charge in [-0.3, -0.25) is 14.4 Å². The number of anilines is 1. The Bertz CT molecular complexity index is 870. The van der Waals surface area contributed by atoms with Gasteiger partial charge < -0.3 is 22.1 Å². The van der Waals surface area contributed by atoms with Crippen molar-refractivity contribution in [2.45, 2.75) is 0 Å². The summed E-state index contributed by atoms with van der Waals surface area (Å²) in [6.07, 6.45) is 0. The van der Waals surface area contributed by atoms with Crippen LogP contribution in [-0.2, 0) is 9.59 Å². The number of amides is 3. The molecule has 128 valence electrons. The van der Waals surface area contributed by atoms with Crippen LogP contribution in [0.3, 0.4) is 0 Å². The van der Waals surface area contributed by atoms with E-state index in [1.54, 1.807) is 29.6 Å².